The number of nitrogens with zero attached hydrogens (tertiary/aromatic N) is 2. The Balaban J connectivity index is 1.37. The summed E-state index contributed by atoms with van der Waals surface area (Å²) in [5.74, 6) is -0.964. The fraction of sp³-hybridized carbons (Fsp3) is 0.259. The number of halogens is 5. The second-order valence-electron chi connectivity index (χ2n) is 8.81. The van der Waals surface area contributed by atoms with Crippen molar-refractivity contribution < 1.29 is 37.0 Å². The molecule has 0 radical (unpaired) electrons. The van der Waals surface area contributed by atoms with Crippen LogP contribution < -0.4 is 24.5 Å². The molecule has 1 N–H and O–H groups in total. The molecule has 1 aliphatic heterocycles. The maximum atomic E-state index is 13.1. The van der Waals surface area contributed by atoms with Crippen LogP contribution in [-0.2, 0) is 16.2 Å². The summed E-state index contributed by atoms with van der Waals surface area (Å²) in [6.45, 7) is 1.13. The van der Waals surface area contributed by atoms with E-state index < -0.39 is 34.9 Å². The van der Waals surface area contributed by atoms with Gasteiger partial charge in [0.15, 0.2) is 10.9 Å². The summed E-state index contributed by atoms with van der Waals surface area (Å²) in [7, 11) is 1.52. The first-order valence-corrected chi connectivity index (χ1v) is 13.6. The van der Waals surface area contributed by atoms with Crippen LogP contribution in [0.3, 0.4) is 0 Å². The van der Waals surface area contributed by atoms with Gasteiger partial charge in [0, 0.05) is 23.0 Å². The van der Waals surface area contributed by atoms with E-state index in [1.807, 2.05) is 30.3 Å². The maximum Gasteiger partial charge on any atom is 0.573 e. The topological polar surface area (TPSA) is 80.3 Å². The number of rotatable bonds is 10. The lowest BCUT2D eigenvalue weighted by Crippen LogP contribution is -2.53. The molecule has 14 heteroatoms. The second-order valence-corrected chi connectivity index (χ2v) is 11.6. The Labute approximate surface area is 248 Å². The molecule has 3 aromatic rings. The molecule has 2 amide bonds. The highest BCUT2D eigenvalue weighted by molar-refractivity contribution is 8.02. The Morgan fingerprint density at radius 3 is 2.37 bits per heavy atom. The number of carbonyl (C=O) groups excluding carboxylic acids is 2. The average molecular weight is 630 g/mol. The monoisotopic (exact) mass is 629 g/mol. The number of alkyl halides is 4. The molecule has 1 unspecified atom stereocenters. The van der Waals surface area contributed by atoms with Crippen LogP contribution in [0.25, 0.3) is 0 Å². The van der Waals surface area contributed by atoms with Crippen LogP contribution in [0.2, 0.25) is 5.02 Å². The lowest BCUT2D eigenvalue weighted by atomic mass is 10.2. The minimum absolute atomic E-state index is 0.142. The van der Waals surface area contributed by atoms with Crippen molar-refractivity contribution in [2.45, 2.75) is 29.1 Å². The first-order chi connectivity index (χ1) is 19.3. The number of thioether (sulfide) groups is 1. The number of anilines is 1. The first-order valence-electron chi connectivity index (χ1n) is 12.0. The highest BCUT2D eigenvalue weighted by Crippen LogP contribution is 2.57. The van der Waals surface area contributed by atoms with Crippen molar-refractivity contribution in [3.63, 3.8) is 0 Å². The van der Waals surface area contributed by atoms with Crippen LogP contribution in [0.4, 0.5) is 18.9 Å². The summed E-state index contributed by atoms with van der Waals surface area (Å²) < 4.78 is 50.9. The number of nitrogens with one attached hydrogen (secondary N) is 1. The summed E-state index contributed by atoms with van der Waals surface area (Å²) >= 11 is 14.4. The molecule has 1 atom stereocenters. The largest absolute Gasteiger partial charge is 0.573 e. The predicted octanol–water partition coefficient (Wildman–Crippen LogP) is 6.21. The molecule has 3 aromatic carbocycles. The van der Waals surface area contributed by atoms with Crippen LogP contribution in [-0.4, -0.2) is 47.7 Å². The van der Waals surface area contributed by atoms with Gasteiger partial charge in [-0.1, -0.05) is 65.3 Å². The molecule has 1 aliphatic rings. The van der Waals surface area contributed by atoms with Gasteiger partial charge < -0.3 is 19.5 Å². The summed E-state index contributed by atoms with van der Waals surface area (Å²) in [6.07, 6.45) is -4.82. The van der Waals surface area contributed by atoms with Gasteiger partial charge in [-0.05, 0) is 42.8 Å². The second kappa shape index (κ2) is 12.6. The summed E-state index contributed by atoms with van der Waals surface area (Å²) in [6, 6.07) is 17.5. The Bertz CT molecular complexity index is 1400. The zero-order chi connectivity index (χ0) is 29.8. The van der Waals surface area contributed by atoms with Gasteiger partial charge >= 0.3 is 6.36 Å². The molecule has 0 aliphatic carbocycles. The SMILES string of the molecule is CN(C(=O)CNC(=O)COc1ccc(OC(F)(F)F)cc1)N1c2c(OCc3ccccc3)cc(Cl)cc2SC1(C)Cl. The third kappa shape index (κ3) is 8.05. The van der Waals surface area contributed by atoms with Crippen LogP contribution in [0.1, 0.15) is 12.5 Å². The summed E-state index contributed by atoms with van der Waals surface area (Å²) in [5, 5.41) is 5.76. The maximum absolute atomic E-state index is 13.1. The number of likely N-dealkylation sites (N-methyl/N-ethyl adjacent to an activating group) is 1. The summed E-state index contributed by atoms with van der Waals surface area (Å²) in [5.41, 5.74) is 1.49. The van der Waals surface area contributed by atoms with Gasteiger partial charge in [-0.25, -0.2) is 5.01 Å². The van der Waals surface area contributed by atoms with E-state index in [1.54, 1.807) is 24.1 Å². The number of ether oxygens (including phenoxy) is 3. The van der Waals surface area contributed by atoms with Crippen molar-refractivity contribution in [3.05, 3.63) is 77.3 Å². The molecule has 8 nitrogen and oxygen atoms in total. The lowest BCUT2D eigenvalue weighted by Gasteiger charge is -2.38. The van der Waals surface area contributed by atoms with Crippen molar-refractivity contribution in [2.24, 2.45) is 0 Å². The lowest BCUT2D eigenvalue weighted by molar-refractivity contribution is -0.274. The van der Waals surface area contributed by atoms with E-state index in [4.69, 9.17) is 32.7 Å². The molecule has 0 aromatic heterocycles. The molecule has 0 fully saturated rings. The van der Waals surface area contributed by atoms with Crippen molar-refractivity contribution >= 4 is 52.5 Å². The van der Waals surface area contributed by atoms with Crippen molar-refractivity contribution in [1.29, 1.82) is 0 Å². The van der Waals surface area contributed by atoms with Crippen LogP contribution >= 0.6 is 35.0 Å². The number of hydrazine groups is 1. The number of amides is 2. The van der Waals surface area contributed by atoms with Crippen LogP contribution in [0, 0.1) is 0 Å². The van der Waals surface area contributed by atoms with Gasteiger partial charge in [-0.2, -0.15) is 0 Å². The Hall–Kier alpha value is -3.48. The van der Waals surface area contributed by atoms with Gasteiger partial charge in [0.2, 0.25) is 0 Å². The first kappa shape index (κ1) is 30.5. The third-order valence-corrected chi connectivity index (χ3v) is 7.34. The molecule has 0 spiro atoms. The molecule has 41 heavy (non-hydrogen) atoms. The molecule has 1 heterocycles. The molecule has 0 saturated heterocycles. The molecular weight excluding hydrogens is 606 g/mol. The number of carbonyl (C=O) groups is 2. The van der Waals surface area contributed by atoms with E-state index in [9.17, 15) is 22.8 Å². The highest BCUT2D eigenvalue weighted by Gasteiger charge is 2.45. The van der Waals surface area contributed by atoms with Crippen molar-refractivity contribution in [1.82, 2.24) is 10.3 Å². The predicted molar refractivity (Wildman–Crippen MR) is 149 cm³/mol. The number of hydrogen-bond donors (Lipinski definition) is 1. The van der Waals surface area contributed by atoms with Gasteiger partial charge in [0.1, 0.15) is 29.5 Å². The van der Waals surface area contributed by atoms with E-state index in [0.717, 1.165) is 17.7 Å². The van der Waals surface area contributed by atoms with Crippen molar-refractivity contribution in [3.8, 4) is 17.2 Å². The van der Waals surface area contributed by atoms with Crippen LogP contribution in [0.15, 0.2) is 71.6 Å². The Kier molecular flexibility index (Phi) is 9.35. The van der Waals surface area contributed by atoms with Gasteiger partial charge in [-0.15, -0.1) is 13.2 Å². The van der Waals surface area contributed by atoms with E-state index in [2.05, 4.69) is 10.1 Å². The molecule has 0 bridgehead atoms. The van der Waals surface area contributed by atoms with Gasteiger partial charge in [0.25, 0.3) is 11.8 Å². The Morgan fingerprint density at radius 2 is 1.71 bits per heavy atom. The number of hydrogen-bond acceptors (Lipinski definition) is 7. The third-order valence-electron chi connectivity index (χ3n) is 5.65. The quantitative estimate of drug-likeness (QED) is 0.211. The fourth-order valence-corrected chi connectivity index (χ4v) is 5.77. The molecular formula is C27H24Cl2F3N3O5S. The minimum Gasteiger partial charge on any atom is -0.487 e. The highest BCUT2D eigenvalue weighted by atomic mass is 35.5. The van der Waals surface area contributed by atoms with E-state index in [1.165, 1.54) is 36.0 Å². The normalized spacial score (nSPS) is 16.1. The molecule has 4 rings (SSSR count). The average Bonchev–Trinajstić information content (AvgIpc) is 3.18. The number of fused-ring (bicyclic) bond motifs is 1. The summed E-state index contributed by atoms with van der Waals surface area (Å²) in [4.78, 5) is 26.1. The molecule has 218 valence electrons. The zero-order valence-corrected chi connectivity index (χ0v) is 24.0. The van der Waals surface area contributed by atoms with E-state index >= 15 is 0 Å². The standard InChI is InChI=1S/C27H24Cl2F3N3O5S/c1-26(29)35(25-21(12-18(28)13-22(25)41-26)39-15-17-6-4-3-5-7-17)34(2)24(37)14-33-23(36)16-38-19-8-10-20(11-9-19)40-27(30,31)32/h3-13H,14-16H2,1-2H3,(H,33,36). The smallest absolute Gasteiger partial charge is 0.487 e. The Morgan fingerprint density at radius 1 is 1.05 bits per heavy atom. The van der Waals surface area contributed by atoms with E-state index in [-0.39, 0.29) is 18.9 Å². The van der Waals surface area contributed by atoms with Crippen LogP contribution in [0.5, 0.6) is 17.2 Å². The van der Waals surface area contributed by atoms with E-state index in [0.29, 0.717) is 21.4 Å². The number of benzene rings is 3. The minimum atomic E-state index is -4.82. The fourth-order valence-electron chi connectivity index (χ4n) is 3.88. The van der Waals surface area contributed by atoms with Gasteiger partial charge in [-0.3, -0.25) is 14.6 Å². The van der Waals surface area contributed by atoms with Crippen molar-refractivity contribution in [2.75, 3.05) is 25.2 Å². The van der Waals surface area contributed by atoms with Gasteiger partial charge in [0.05, 0.1) is 6.54 Å². The zero-order valence-electron chi connectivity index (χ0n) is 21.7. The molecule has 0 saturated carbocycles.